The summed E-state index contributed by atoms with van der Waals surface area (Å²) in [6.07, 6.45) is 1.71. The van der Waals surface area contributed by atoms with Crippen LogP contribution in [0.5, 0.6) is 5.75 Å². The molecule has 12 heteroatoms. The second-order valence-corrected chi connectivity index (χ2v) is 11.4. The average Bonchev–Trinajstić information content (AvgIpc) is 3.20. The summed E-state index contributed by atoms with van der Waals surface area (Å²) < 4.78 is 22.5. The van der Waals surface area contributed by atoms with Crippen molar-refractivity contribution in [1.29, 1.82) is 0 Å². The third-order valence-corrected chi connectivity index (χ3v) is 8.40. The number of imide groups is 1. The number of rotatable bonds is 13. The highest BCUT2D eigenvalue weighted by Gasteiger charge is 2.40. The summed E-state index contributed by atoms with van der Waals surface area (Å²) in [6.45, 7) is 5.61. The number of hydrogen-bond acceptors (Lipinski definition) is 9. The Morgan fingerprint density at radius 3 is 2.58 bits per heavy atom. The number of benzene rings is 2. The molecule has 0 aliphatic carbocycles. The van der Waals surface area contributed by atoms with E-state index in [1.54, 1.807) is 16.9 Å². The maximum Gasteiger partial charge on any atom is 0.410 e. The number of ether oxygens (including phenoxy) is 4. The molecule has 2 aromatic carbocycles. The van der Waals surface area contributed by atoms with Crippen molar-refractivity contribution in [3.05, 3.63) is 64.7 Å². The monoisotopic (exact) mass is 622 g/mol. The lowest BCUT2D eigenvalue weighted by Gasteiger charge is -2.29. The molecular weight excluding hydrogens is 580 g/mol. The minimum Gasteiger partial charge on any atom is -0.491 e. The lowest BCUT2D eigenvalue weighted by atomic mass is 10.0. The molecule has 3 aliphatic rings. The van der Waals surface area contributed by atoms with Crippen LogP contribution in [0.3, 0.4) is 0 Å². The van der Waals surface area contributed by atoms with Crippen molar-refractivity contribution in [2.45, 2.75) is 44.9 Å². The Bertz CT molecular complexity index is 1350. The lowest BCUT2D eigenvalue weighted by molar-refractivity contribution is -0.136. The van der Waals surface area contributed by atoms with E-state index in [9.17, 15) is 19.2 Å². The summed E-state index contributed by atoms with van der Waals surface area (Å²) in [4.78, 5) is 56.1. The van der Waals surface area contributed by atoms with Crippen LogP contribution in [0.4, 0.5) is 4.79 Å². The number of fused-ring (bicyclic) bond motifs is 1. The second kappa shape index (κ2) is 15.8. The molecule has 1 unspecified atom stereocenters. The number of piperidine rings is 1. The fraction of sp³-hybridized carbons (Fsp3) is 0.515. The fourth-order valence-electron chi connectivity index (χ4n) is 5.95. The Morgan fingerprint density at radius 1 is 0.956 bits per heavy atom. The van der Waals surface area contributed by atoms with E-state index in [0.29, 0.717) is 63.7 Å². The van der Waals surface area contributed by atoms with Gasteiger partial charge in [-0.05, 0) is 43.0 Å². The highest BCUT2D eigenvalue weighted by Crippen LogP contribution is 2.36. The van der Waals surface area contributed by atoms with Crippen molar-refractivity contribution in [3.8, 4) is 5.75 Å². The van der Waals surface area contributed by atoms with Gasteiger partial charge in [-0.3, -0.25) is 19.7 Å². The van der Waals surface area contributed by atoms with E-state index in [4.69, 9.17) is 18.9 Å². The SMILES string of the molecule is COCCOCCOc1c(CCN2CCCN(C(=O)OCc3ccccc3)CC2)ccc2c1CN(C1CCC(=O)NC1=O)C2=O. The van der Waals surface area contributed by atoms with E-state index in [1.807, 2.05) is 42.5 Å². The van der Waals surface area contributed by atoms with Crippen LogP contribution in [0, 0.1) is 0 Å². The lowest BCUT2D eigenvalue weighted by Crippen LogP contribution is -2.52. The molecule has 2 saturated heterocycles. The molecular formula is C33H42N4O8. The maximum atomic E-state index is 13.4. The number of nitrogens with one attached hydrogen (secondary N) is 1. The Kier molecular flexibility index (Phi) is 11.4. The van der Waals surface area contributed by atoms with E-state index in [1.165, 1.54) is 0 Å². The van der Waals surface area contributed by atoms with Gasteiger partial charge in [0, 0.05) is 50.8 Å². The smallest absolute Gasteiger partial charge is 0.410 e. The molecule has 1 N–H and O–H groups in total. The molecule has 5 rings (SSSR count). The van der Waals surface area contributed by atoms with Gasteiger partial charge < -0.3 is 33.6 Å². The quantitative estimate of drug-likeness (QED) is 0.265. The predicted molar refractivity (Wildman–Crippen MR) is 164 cm³/mol. The van der Waals surface area contributed by atoms with Crippen molar-refractivity contribution in [2.24, 2.45) is 0 Å². The Labute approximate surface area is 263 Å². The van der Waals surface area contributed by atoms with Gasteiger partial charge in [-0.25, -0.2) is 4.79 Å². The number of amides is 4. The van der Waals surface area contributed by atoms with E-state index in [2.05, 4.69) is 10.2 Å². The normalized spacial score (nSPS) is 18.9. The topological polar surface area (TPSA) is 127 Å². The zero-order valence-electron chi connectivity index (χ0n) is 25.8. The first-order chi connectivity index (χ1) is 21.9. The molecule has 0 saturated carbocycles. The van der Waals surface area contributed by atoms with Gasteiger partial charge in [-0.2, -0.15) is 0 Å². The first kappa shape index (κ1) is 32.4. The minimum atomic E-state index is -0.698. The van der Waals surface area contributed by atoms with E-state index in [-0.39, 0.29) is 37.5 Å². The number of carbonyl (C=O) groups is 4. The third-order valence-electron chi connectivity index (χ3n) is 8.40. The molecule has 0 aromatic heterocycles. The molecule has 2 aromatic rings. The molecule has 4 amide bonds. The van der Waals surface area contributed by atoms with Gasteiger partial charge in [-0.1, -0.05) is 36.4 Å². The van der Waals surface area contributed by atoms with Crippen molar-refractivity contribution >= 4 is 23.8 Å². The van der Waals surface area contributed by atoms with Crippen LogP contribution in [-0.4, -0.2) is 111 Å². The van der Waals surface area contributed by atoms with Gasteiger partial charge in [0.25, 0.3) is 5.91 Å². The van der Waals surface area contributed by atoms with Gasteiger partial charge in [0.2, 0.25) is 11.8 Å². The molecule has 12 nitrogen and oxygen atoms in total. The standard InChI is InChI=1S/C33H42N4O8/c1-42-18-19-43-20-21-44-30-25(8-9-26-27(30)22-37(32(26)40)28-10-11-29(38)34-31(28)39)12-15-35-13-5-14-36(17-16-35)33(41)45-23-24-6-3-2-4-7-24/h2-4,6-9,28H,5,10-23H2,1H3,(H,34,38,39). The number of methoxy groups -OCH3 is 1. The zero-order chi connectivity index (χ0) is 31.6. The zero-order valence-corrected chi connectivity index (χ0v) is 25.8. The molecule has 3 aliphatic heterocycles. The molecule has 0 spiro atoms. The van der Waals surface area contributed by atoms with Crippen molar-refractivity contribution < 1.29 is 38.1 Å². The number of hydrogen-bond donors (Lipinski definition) is 1. The highest BCUT2D eigenvalue weighted by molar-refractivity contribution is 6.05. The largest absolute Gasteiger partial charge is 0.491 e. The van der Waals surface area contributed by atoms with Crippen molar-refractivity contribution in [2.75, 3.05) is 66.3 Å². The Hall–Kier alpha value is -4.00. The Balaban J connectivity index is 1.21. The van der Waals surface area contributed by atoms with Crippen molar-refractivity contribution in [3.63, 3.8) is 0 Å². The molecule has 45 heavy (non-hydrogen) atoms. The van der Waals surface area contributed by atoms with Gasteiger partial charge >= 0.3 is 6.09 Å². The summed E-state index contributed by atoms with van der Waals surface area (Å²) in [5.41, 5.74) is 3.19. The van der Waals surface area contributed by atoms with E-state index < -0.39 is 11.9 Å². The van der Waals surface area contributed by atoms with Crippen LogP contribution < -0.4 is 10.1 Å². The highest BCUT2D eigenvalue weighted by atomic mass is 16.6. The van der Waals surface area contributed by atoms with Crippen LogP contribution in [-0.2, 0) is 43.4 Å². The fourth-order valence-corrected chi connectivity index (χ4v) is 5.95. The van der Waals surface area contributed by atoms with Gasteiger partial charge in [-0.15, -0.1) is 0 Å². The summed E-state index contributed by atoms with van der Waals surface area (Å²) in [7, 11) is 1.62. The van der Waals surface area contributed by atoms with Crippen molar-refractivity contribution in [1.82, 2.24) is 20.0 Å². The van der Waals surface area contributed by atoms with Crippen LogP contribution in [0.2, 0.25) is 0 Å². The first-order valence-corrected chi connectivity index (χ1v) is 15.6. The molecule has 2 fully saturated rings. The summed E-state index contributed by atoms with van der Waals surface area (Å²) >= 11 is 0. The summed E-state index contributed by atoms with van der Waals surface area (Å²) in [5.74, 6) is -0.354. The van der Waals surface area contributed by atoms with E-state index >= 15 is 0 Å². The third kappa shape index (κ3) is 8.38. The molecule has 1 atom stereocenters. The van der Waals surface area contributed by atoms with Crippen LogP contribution >= 0.6 is 0 Å². The molecule has 0 bridgehead atoms. The van der Waals surface area contributed by atoms with Gasteiger partial charge in [0.05, 0.1) is 26.4 Å². The second-order valence-electron chi connectivity index (χ2n) is 11.4. The summed E-state index contributed by atoms with van der Waals surface area (Å²) in [5, 5.41) is 2.36. The molecule has 0 radical (unpaired) electrons. The number of carbonyl (C=O) groups excluding carboxylic acids is 4. The van der Waals surface area contributed by atoms with E-state index in [0.717, 1.165) is 42.7 Å². The number of nitrogens with zero attached hydrogens (tertiary/aromatic N) is 3. The van der Waals surface area contributed by atoms with Gasteiger partial charge in [0.1, 0.15) is 25.0 Å². The molecule has 242 valence electrons. The molecule has 3 heterocycles. The maximum absolute atomic E-state index is 13.4. The summed E-state index contributed by atoms with van der Waals surface area (Å²) in [6, 6.07) is 12.7. The van der Waals surface area contributed by atoms with Gasteiger partial charge in [0.15, 0.2) is 0 Å². The Morgan fingerprint density at radius 2 is 1.78 bits per heavy atom. The average molecular weight is 623 g/mol. The van der Waals surface area contributed by atoms with Crippen LogP contribution in [0.25, 0.3) is 0 Å². The van der Waals surface area contributed by atoms with Crippen LogP contribution in [0.1, 0.15) is 46.3 Å². The first-order valence-electron chi connectivity index (χ1n) is 15.6. The predicted octanol–water partition coefficient (Wildman–Crippen LogP) is 2.38. The van der Waals surface area contributed by atoms with Crippen LogP contribution in [0.15, 0.2) is 42.5 Å². The minimum absolute atomic E-state index is 0.196.